The lowest BCUT2D eigenvalue weighted by molar-refractivity contribution is 0.00619. The molecule has 1 heterocycles. The van der Waals surface area contributed by atoms with Gasteiger partial charge in [-0.25, -0.2) is 9.78 Å². The van der Waals surface area contributed by atoms with Gasteiger partial charge in [0.05, 0.1) is 6.10 Å². The monoisotopic (exact) mass is 277 g/mol. The van der Waals surface area contributed by atoms with Crippen LogP contribution in [-0.2, 0) is 4.74 Å². The molecule has 0 spiro atoms. The first-order valence-electron chi connectivity index (χ1n) is 7.30. The van der Waals surface area contributed by atoms with E-state index in [0.717, 1.165) is 12.8 Å². The molecule has 0 atom stereocenters. The van der Waals surface area contributed by atoms with Crippen LogP contribution in [0.1, 0.15) is 63.4 Å². The maximum atomic E-state index is 12.0. The Morgan fingerprint density at radius 2 is 1.95 bits per heavy atom. The fourth-order valence-electron chi connectivity index (χ4n) is 2.30. The molecule has 0 amide bonds. The maximum absolute atomic E-state index is 12.0. The summed E-state index contributed by atoms with van der Waals surface area (Å²) in [7, 11) is 0. The third kappa shape index (κ3) is 4.51. The van der Waals surface area contributed by atoms with Gasteiger partial charge in [0.2, 0.25) is 0 Å². The van der Waals surface area contributed by atoms with Crippen LogP contribution in [0.5, 0.6) is 5.75 Å². The second kappa shape index (κ2) is 6.25. The number of esters is 1. The molecule has 2 rings (SSSR count). The Morgan fingerprint density at radius 3 is 2.60 bits per heavy atom. The van der Waals surface area contributed by atoms with Crippen LogP contribution in [0, 0.1) is 0 Å². The van der Waals surface area contributed by atoms with Gasteiger partial charge >= 0.3 is 5.97 Å². The van der Waals surface area contributed by atoms with Crippen molar-refractivity contribution in [1.82, 2.24) is 4.98 Å². The van der Waals surface area contributed by atoms with E-state index in [2.05, 4.69) is 4.98 Å². The Bertz CT molecular complexity index is 459. The van der Waals surface area contributed by atoms with E-state index in [9.17, 15) is 4.79 Å². The summed E-state index contributed by atoms with van der Waals surface area (Å²) < 4.78 is 11.2. The van der Waals surface area contributed by atoms with E-state index in [-0.39, 0.29) is 6.10 Å². The van der Waals surface area contributed by atoms with Crippen molar-refractivity contribution in [3.8, 4) is 5.75 Å². The summed E-state index contributed by atoms with van der Waals surface area (Å²) in [6.45, 7) is 5.52. The molecule has 0 radical (unpaired) electrons. The number of hydrogen-bond donors (Lipinski definition) is 0. The smallest absolute Gasteiger partial charge is 0.357 e. The summed E-state index contributed by atoms with van der Waals surface area (Å²) >= 11 is 0. The molecule has 1 aliphatic rings. The molecule has 1 aromatic rings. The van der Waals surface area contributed by atoms with E-state index >= 15 is 0 Å². The average molecular weight is 277 g/mol. The van der Waals surface area contributed by atoms with Gasteiger partial charge in [-0.15, -0.1) is 0 Å². The Labute approximate surface area is 120 Å². The van der Waals surface area contributed by atoms with Crippen molar-refractivity contribution in [2.24, 2.45) is 0 Å². The molecule has 4 heteroatoms. The van der Waals surface area contributed by atoms with Crippen LogP contribution < -0.4 is 4.74 Å². The summed E-state index contributed by atoms with van der Waals surface area (Å²) in [6, 6.07) is 3.46. The highest BCUT2D eigenvalue weighted by Crippen LogP contribution is 2.23. The molecule has 0 saturated heterocycles. The summed E-state index contributed by atoms with van der Waals surface area (Å²) in [4.78, 5) is 16.0. The molecule has 20 heavy (non-hydrogen) atoms. The van der Waals surface area contributed by atoms with Gasteiger partial charge < -0.3 is 9.47 Å². The van der Waals surface area contributed by atoms with Crippen molar-refractivity contribution in [3.05, 3.63) is 24.0 Å². The molecule has 1 aromatic heterocycles. The van der Waals surface area contributed by atoms with Gasteiger partial charge in [0.15, 0.2) is 5.69 Å². The van der Waals surface area contributed by atoms with Gasteiger partial charge in [0.25, 0.3) is 0 Å². The zero-order valence-electron chi connectivity index (χ0n) is 12.5. The predicted molar refractivity (Wildman–Crippen MR) is 76.9 cm³/mol. The van der Waals surface area contributed by atoms with Gasteiger partial charge in [-0.2, -0.15) is 0 Å². The van der Waals surface area contributed by atoms with Crippen LogP contribution in [0.3, 0.4) is 0 Å². The van der Waals surface area contributed by atoms with Crippen molar-refractivity contribution >= 4 is 5.97 Å². The van der Waals surface area contributed by atoms with Crippen LogP contribution in [0.2, 0.25) is 0 Å². The maximum Gasteiger partial charge on any atom is 0.357 e. The average Bonchev–Trinajstić information content (AvgIpc) is 2.38. The van der Waals surface area contributed by atoms with Gasteiger partial charge in [0, 0.05) is 12.3 Å². The second-order valence-corrected chi connectivity index (χ2v) is 6.26. The second-order valence-electron chi connectivity index (χ2n) is 6.26. The van der Waals surface area contributed by atoms with E-state index in [1.807, 2.05) is 20.8 Å². The standard InChI is InChI=1S/C16H23NO3/c1-16(2,3)20-15(18)14-11-13(9-10-17-14)19-12-7-5-4-6-8-12/h9-12H,4-8H2,1-3H3. The fourth-order valence-corrected chi connectivity index (χ4v) is 2.30. The number of carbonyl (C=O) groups is 1. The van der Waals surface area contributed by atoms with E-state index in [0.29, 0.717) is 11.4 Å². The lowest BCUT2D eigenvalue weighted by atomic mass is 9.98. The summed E-state index contributed by atoms with van der Waals surface area (Å²) in [5.41, 5.74) is -0.216. The molecule has 0 unspecified atom stereocenters. The SMILES string of the molecule is CC(C)(C)OC(=O)c1cc(OC2CCCCC2)ccn1. The zero-order chi connectivity index (χ0) is 14.6. The van der Waals surface area contributed by atoms with Gasteiger partial charge in [-0.05, 0) is 52.5 Å². The lowest BCUT2D eigenvalue weighted by Crippen LogP contribution is -2.24. The third-order valence-electron chi connectivity index (χ3n) is 3.19. The minimum Gasteiger partial charge on any atom is -0.490 e. The molecular weight excluding hydrogens is 254 g/mol. The number of ether oxygens (including phenoxy) is 2. The number of hydrogen-bond acceptors (Lipinski definition) is 4. The molecule has 0 aliphatic heterocycles. The first kappa shape index (κ1) is 14.8. The molecule has 1 aliphatic carbocycles. The van der Waals surface area contributed by atoms with Crippen LogP contribution >= 0.6 is 0 Å². The Morgan fingerprint density at radius 1 is 1.25 bits per heavy atom. The van der Waals surface area contributed by atoms with Gasteiger partial charge in [-0.3, -0.25) is 0 Å². The van der Waals surface area contributed by atoms with Crippen molar-refractivity contribution in [3.63, 3.8) is 0 Å². The summed E-state index contributed by atoms with van der Waals surface area (Å²) in [5, 5.41) is 0. The largest absolute Gasteiger partial charge is 0.490 e. The highest BCUT2D eigenvalue weighted by molar-refractivity contribution is 5.87. The minimum atomic E-state index is -0.515. The number of carbonyl (C=O) groups excluding carboxylic acids is 1. The predicted octanol–water partition coefficient (Wildman–Crippen LogP) is 3.75. The first-order valence-corrected chi connectivity index (χ1v) is 7.30. The van der Waals surface area contributed by atoms with Crippen LogP contribution in [0.4, 0.5) is 0 Å². The van der Waals surface area contributed by atoms with Gasteiger partial charge in [0.1, 0.15) is 11.4 Å². The highest BCUT2D eigenvalue weighted by atomic mass is 16.6. The topological polar surface area (TPSA) is 48.4 Å². The van der Waals surface area contributed by atoms with E-state index < -0.39 is 11.6 Å². The molecule has 0 aromatic carbocycles. The molecule has 0 N–H and O–H groups in total. The lowest BCUT2D eigenvalue weighted by Gasteiger charge is -2.23. The van der Waals surface area contributed by atoms with Crippen molar-refractivity contribution in [2.45, 2.75) is 64.6 Å². The Hall–Kier alpha value is -1.58. The van der Waals surface area contributed by atoms with Crippen molar-refractivity contribution in [2.75, 3.05) is 0 Å². The fraction of sp³-hybridized carbons (Fsp3) is 0.625. The third-order valence-corrected chi connectivity index (χ3v) is 3.19. The van der Waals surface area contributed by atoms with Crippen molar-refractivity contribution < 1.29 is 14.3 Å². The van der Waals surface area contributed by atoms with Crippen LogP contribution in [0.25, 0.3) is 0 Å². The molecule has 4 nitrogen and oxygen atoms in total. The molecular formula is C16H23NO3. The summed E-state index contributed by atoms with van der Waals surface area (Å²) in [5.74, 6) is 0.291. The van der Waals surface area contributed by atoms with Crippen LogP contribution in [-0.4, -0.2) is 22.7 Å². The molecule has 0 bridgehead atoms. The van der Waals surface area contributed by atoms with Crippen molar-refractivity contribution in [1.29, 1.82) is 0 Å². The minimum absolute atomic E-state index is 0.262. The van der Waals surface area contributed by atoms with Gasteiger partial charge in [-0.1, -0.05) is 6.42 Å². The Balaban J connectivity index is 2.01. The molecule has 1 fully saturated rings. The number of rotatable bonds is 3. The van der Waals surface area contributed by atoms with E-state index in [4.69, 9.17) is 9.47 Å². The number of pyridine rings is 1. The zero-order valence-corrected chi connectivity index (χ0v) is 12.5. The molecule has 1 saturated carbocycles. The van der Waals surface area contributed by atoms with E-state index in [1.54, 1.807) is 18.3 Å². The van der Waals surface area contributed by atoms with Crippen LogP contribution in [0.15, 0.2) is 18.3 Å². The normalized spacial score (nSPS) is 16.8. The highest BCUT2D eigenvalue weighted by Gasteiger charge is 2.20. The number of aromatic nitrogens is 1. The Kier molecular flexibility index (Phi) is 4.63. The number of nitrogens with zero attached hydrogens (tertiary/aromatic N) is 1. The molecule has 110 valence electrons. The summed E-state index contributed by atoms with van der Waals surface area (Å²) in [6.07, 6.45) is 7.76. The van der Waals surface area contributed by atoms with E-state index in [1.165, 1.54) is 19.3 Å². The quantitative estimate of drug-likeness (QED) is 0.789. The first-order chi connectivity index (χ1) is 9.44.